The van der Waals surface area contributed by atoms with Gasteiger partial charge < -0.3 is 5.73 Å². The Balaban J connectivity index is 2.15. The van der Waals surface area contributed by atoms with Crippen LogP contribution in [0.25, 0.3) is 0 Å². The molecule has 2 nitrogen and oxygen atoms in total. The van der Waals surface area contributed by atoms with Crippen molar-refractivity contribution in [1.29, 1.82) is 0 Å². The molecule has 0 aliphatic heterocycles. The molecule has 0 radical (unpaired) electrons. The molecule has 1 saturated carbocycles. The Bertz CT molecular complexity index is 241. The molecule has 1 unspecified atom stereocenters. The van der Waals surface area contributed by atoms with Crippen LogP contribution in [0.3, 0.4) is 0 Å². The van der Waals surface area contributed by atoms with Crippen LogP contribution in [0.4, 0.5) is 0 Å². The summed E-state index contributed by atoms with van der Waals surface area (Å²) in [6.45, 7) is 0.738. The van der Waals surface area contributed by atoms with E-state index in [2.05, 4.69) is 11.1 Å². The molecule has 1 aliphatic rings. The van der Waals surface area contributed by atoms with Gasteiger partial charge in [-0.15, -0.1) is 0 Å². The van der Waals surface area contributed by atoms with E-state index in [1.165, 1.54) is 18.5 Å². The molecule has 1 fully saturated rings. The highest BCUT2D eigenvalue weighted by Crippen LogP contribution is 2.41. The molecule has 12 heavy (non-hydrogen) atoms. The summed E-state index contributed by atoms with van der Waals surface area (Å²) in [6, 6.07) is 6.06. The minimum atomic E-state index is 0.506. The molecule has 1 aliphatic carbocycles. The summed E-state index contributed by atoms with van der Waals surface area (Å²) in [4.78, 5) is 4.33. The second-order valence-corrected chi connectivity index (χ2v) is 3.43. The highest BCUT2D eigenvalue weighted by atomic mass is 14.7. The maximum atomic E-state index is 5.71. The highest BCUT2D eigenvalue weighted by molar-refractivity contribution is 5.13. The van der Waals surface area contributed by atoms with E-state index in [1.54, 1.807) is 0 Å². The number of nitrogens with two attached hydrogens (primary N) is 1. The molecule has 64 valence electrons. The van der Waals surface area contributed by atoms with Gasteiger partial charge in [0.1, 0.15) is 0 Å². The van der Waals surface area contributed by atoms with E-state index < -0.39 is 0 Å². The minimum absolute atomic E-state index is 0.506. The van der Waals surface area contributed by atoms with Gasteiger partial charge in [0.15, 0.2) is 0 Å². The number of hydrogen-bond donors (Lipinski definition) is 1. The maximum Gasteiger partial charge on any atom is 0.0449 e. The number of aromatic nitrogens is 1. The number of hydrogen-bond acceptors (Lipinski definition) is 2. The van der Waals surface area contributed by atoms with Gasteiger partial charge in [-0.2, -0.15) is 0 Å². The molecular weight excluding hydrogens is 148 g/mol. The van der Waals surface area contributed by atoms with Crippen LogP contribution >= 0.6 is 0 Å². The smallest absolute Gasteiger partial charge is 0.0449 e. The lowest BCUT2D eigenvalue weighted by molar-refractivity contribution is 0.599. The van der Waals surface area contributed by atoms with E-state index in [0.29, 0.717) is 5.92 Å². The van der Waals surface area contributed by atoms with Gasteiger partial charge in [0, 0.05) is 24.4 Å². The second kappa shape index (κ2) is 3.23. The lowest BCUT2D eigenvalue weighted by Gasteiger charge is -2.11. The van der Waals surface area contributed by atoms with E-state index in [9.17, 15) is 0 Å². The monoisotopic (exact) mass is 162 g/mol. The quantitative estimate of drug-likeness (QED) is 0.732. The lowest BCUT2D eigenvalue weighted by atomic mass is 9.99. The Hall–Kier alpha value is -0.890. The predicted octanol–water partition coefficient (Wildman–Crippen LogP) is 1.53. The number of rotatable bonds is 3. The van der Waals surface area contributed by atoms with Gasteiger partial charge in [0.05, 0.1) is 0 Å². The molecule has 1 heterocycles. The molecule has 0 bridgehead atoms. The molecule has 2 rings (SSSR count). The predicted molar refractivity (Wildman–Crippen MR) is 48.8 cm³/mol. The van der Waals surface area contributed by atoms with Crippen LogP contribution in [0.2, 0.25) is 0 Å². The van der Waals surface area contributed by atoms with Crippen LogP contribution in [0.15, 0.2) is 24.4 Å². The van der Waals surface area contributed by atoms with Crippen LogP contribution in [-0.4, -0.2) is 11.5 Å². The summed E-state index contributed by atoms with van der Waals surface area (Å²) >= 11 is 0. The third kappa shape index (κ3) is 1.48. The average molecular weight is 162 g/mol. The Kier molecular flexibility index (Phi) is 2.09. The van der Waals surface area contributed by atoms with Gasteiger partial charge in [-0.1, -0.05) is 6.07 Å². The Morgan fingerprint density at radius 2 is 2.33 bits per heavy atom. The molecule has 2 N–H and O–H groups in total. The minimum Gasteiger partial charge on any atom is -0.330 e. The van der Waals surface area contributed by atoms with Gasteiger partial charge in [-0.25, -0.2) is 0 Å². The summed E-state index contributed by atoms with van der Waals surface area (Å²) in [7, 11) is 0. The van der Waals surface area contributed by atoms with Crippen molar-refractivity contribution in [3.63, 3.8) is 0 Å². The van der Waals surface area contributed by atoms with Crippen molar-refractivity contribution in [2.24, 2.45) is 11.7 Å². The van der Waals surface area contributed by atoms with Gasteiger partial charge in [0.2, 0.25) is 0 Å². The fourth-order valence-electron chi connectivity index (χ4n) is 1.65. The Morgan fingerprint density at radius 1 is 1.50 bits per heavy atom. The normalized spacial score (nSPS) is 19.1. The summed E-state index contributed by atoms with van der Waals surface area (Å²) in [5.41, 5.74) is 6.87. The van der Waals surface area contributed by atoms with Crippen molar-refractivity contribution in [1.82, 2.24) is 4.98 Å². The summed E-state index contributed by atoms with van der Waals surface area (Å²) in [5.74, 6) is 1.32. The van der Waals surface area contributed by atoms with E-state index in [4.69, 9.17) is 5.73 Å². The van der Waals surface area contributed by atoms with Crippen LogP contribution < -0.4 is 5.73 Å². The molecule has 0 saturated heterocycles. The number of nitrogens with zero attached hydrogens (tertiary/aromatic N) is 1. The molecule has 2 heteroatoms. The van der Waals surface area contributed by atoms with Gasteiger partial charge in [-0.3, -0.25) is 4.98 Å². The Morgan fingerprint density at radius 3 is 2.83 bits per heavy atom. The van der Waals surface area contributed by atoms with Crippen LogP contribution in [-0.2, 0) is 0 Å². The molecule has 1 aromatic heterocycles. The van der Waals surface area contributed by atoms with Gasteiger partial charge in [-0.05, 0) is 30.9 Å². The molecule has 0 aromatic carbocycles. The Labute approximate surface area is 72.8 Å². The second-order valence-electron chi connectivity index (χ2n) is 3.43. The first-order valence-electron chi connectivity index (χ1n) is 4.53. The fourth-order valence-corrected chi connectivity index (χ4v) is 1.65. The summed E-state index contributed by atoms with van der Waals surface area (Å²) in [5, 5.41) is 0. The first-order chi connectivity index (χ1) is 5.92. The zero-order valence-electron chi connectivity index (χ0n) is 7.11. The van der Waals surface area contributed by atoms with E-state index in [-0.39, 0.29) is 0 Å². The van der Waals surface area contributed by atoms with Crippen molar-refractivity contribution in [3.05, 3.63) is 30.1 Å². The van der Waals surface area contributed by atoms with Crippen molar-refractivity contribution < 1.29 is 0 Å². The topological polar surface area (TPSA) is 38.9 Å². The van der Waals surface area contributed by atoms with Gasteiger partial charge >= 0.3 is 0 Å². The SMILES string of the molecule is NCC(c1ccccn1)C1CC1. The molecule has 0 amide bonds. The molecule has 0 spiro atoms. The van der Waals surface area contributed by atoms with E-state index in [1.807, 2.05) is 18.3 Å². The highest BCUT2D eigenvalue weighted by Gasteiger charge is 2.31. The van der Waals surface area contributed by atoms with E-state index in [0.717, 1.165) is 12.5 Å². The van der Waals surface area contributed by atoms with E-state index >= 15 is 0 Å². The molecular formula is C10H14N2. The third-order valence-electron chi connectivity index (χ3n) is 2.51. The summed E-state index contributed by atoms with van der Waals surface area (Å²) < 4.78 is 0. The lowest BCUT2D eigenvalue weighted by Crippen LogP contribution is -2.15. The maximum absolute atomic E-state index is 5.71. The number of pyridine rings is 1. The standard InChI is InChI=1S/C10H14N2/c11-7-9(8-4-5-8)10-3-1-2-6-12-10/h1-3,6,8-9H,4-5,7,11H2. The van der Waals surface area contributed by atoms with Crippen molar-refractivity contribution in [3.8, 4) is 0 Å². The first-order valence-corrected chi connectivity index (χ1v) is 4.53. The average Bonchev–Trinajstić information content (AvgIpc) is 2.92. The first kappa shape index (κ1) is 7.74. The zero-order valence-corrected chi connectivity index (χ0v) is 7.11. The van der Waals surface area contributed by atoms with Crippen molar-refractivity contribution in [2.45, 2.75) is 18.8 Å². The van der Waals surface area contributed by atoms with Crippen LogP contribution in [0.1, 0.15) is 24.5 Å². The summed E-state index contributed by atoms with van der Waals surface area (Å²) in [6.07, 6.45) is 4.51. The fraction of sp³-hybridized carbons (Fsp3) is 0.500. The molecule has 1 aromatic rings. The van der Waals surface area contributed by atoms with Gasteiger partial charge in [0.25, 0.3) is 0 Å². The van der Waals surface area contributed by atoms with Crippen molar-refractivity contribution >= 4 is 0 Å². The largest absolute Gasteiger partial charge is 0.330 e. The third-order valence-corrected chi connectivity index (χ3v) is 2.51. The molecule has 1 atom stereocenters. The zero-order chi connectivity index (χ0) is 8.39. The van der Waals surface area contributed by atoms with Crippen LogP contribution in [0, 0.1) is 5.92 Å². The van der Waals surface area contributed by atoms with Crippen LogP contribution in [0.5, 0.6) is 0 Å². The van der Waals surface area contributed by atoms with Crippen molar-refractivity contribution in [2.75, 3.05) is 6.54 Å².